The molecule has 10 nitrogen and oxygen atoms in total. The predicted octanol–water partition coefficient (Wildman–Crippen LogP) is 8.00. The number of rotatable bonds is 4. The largest absolute Gasteiger partial charge is 0.504 e. The van der Waals surface area contributed by atoms with E-state index >= 15 is 0 Å². The average Bonchev–Trinajstić information content (AvgIpc) is 2.96. The second kappa shape index (κ2) is 14.2. The van der Waals surface area contributed by atoms with Gasteiger partial charge in [0.2, 0.25) is 0 Å². The zero-order valence-electron chi connectivity index (χ0n) is 21.1. The molecule has 4 aromatic carbocycles. The van der Waals surface area contributed by atoms with E-state index in [1.807, 2.05) is 12.1 Å². The van der Waals surface area contributed by atoms with Gasteiger partial charge in [-0.2, -0.15) is 10.5 Å². The molecule has 0 aliphatic rings. The number of carbonyl (C=O) groups is 2. The van der Waals surface area contributed by atoms with Gasteiger partial charge in [0.25, 0.3) is 0 Å². The van der Waals surface area contributed by atoms with E-state index in [-0.39, 0.29) is 54.8 Å². The zero-order chi connectivity index (χ0) is 31.0. The molecule has 0 spiro atoms. The van der Waals surface area contributed by atoms with Crippen molar-refractivity contribution in [1.29, 1.82) is 10.5 Å². The summed E-state index contributed by atoms with van der Waals surface area (Å²) in [5, 5.41) is 43.4. The van der Waals surface area contributed by atoms with Crippen molar-refractivity contribution in [2.24, 2.45) is 5.73 Å². The van der Waals surface area contributed by atoms with Crippen molar-refractivity contribution in [3.05, 3.63) is 104 Å². The number of halogens is 4. The highest BCUT2D eigenvalue weighted by molar-refractivity contribution is 6.44. The van der Waals surface area contributed by atoms with Gasteiger partial charge in [-0.25, -0.2) is 9.59 Å². The van der Waals surface area contributed by atoms with Crippen LogP contribution in [0.3, 0.4) is 0 Å². The second-order valence-electron chi connectivity index (χ2n) is 8.03. The number of nitrogens with one attached hydrogen (secondary N) is 2. The average molecular weight is 644 g/mol. The van der Waals surface area contributed by atoms with Gasteiger partial charge in [0.1, 0.15) is 12.1 Å². The van der Waals surface area contributed by atoms with Crippen LogP contribution in [0.2, 0.25) is 20.1 Å². The first-order valence-corrected chi connectivity index (χ1v) is 13.0. The topological polar surface area (TPSA) is 176 Å². The first-order valence-electron chi connectivity index (χ1n) is 11.5. The van der Waals surface area contributed by atoms with Crippen LogP contribution < -0.4 is 21.3 Å². The Hall–Kier alpha value is -4.84. The fourth-order valence-electron chi connectivity index (χ4n) is 3.45. The van der Waals surface area contributed by atoms with Crippen molar-refractivity contribution in [2.45, 2.75) is 0 Å². The lowest BCUT2D eigenvalue weighted by Gasteiger charge is -2.23. The van der Waals surface area contributed by atoms with Crippen LogP contribution in [-0.2, 0) is 0 Å². The first kappa shape index (κ1) is 31.7. The Morgan fingerprint density at radius 2 is 1.17 bits per heavy atom. The van der Waals surface area contributed by atoms with Crippen LogP contribution in [0.25, 0.3) is 0 Å². The molecular formula is C28H18Cl4N6O4. The number of carbonyl (C=O) groups excluding carboxylic acids is 2. The molecule has 14 heteroatoms. The summed E-state index contributed by atoms with van der Waals surface area (Å²) in [5.74, 6) is -0.665. The minimum Gasteiger partial charge on any atom is -0.504 e. The molecule has 0 unspecified atom stereocenters. The zero-order valence-corrected chi connectivity index (χ0v) is 24.1. The monoisotopic (exact) mass is 642 g/mol. The minimum absolute atomic E-state index is 0.0110. The molecule has 0 fully saturated rings. The molecule has 42 heavy (non-hydrogen) atoms. The lowest BCUT2D eigenvalue weighted by atomic mass is 10.1. The van der Waals surface area contributed by atoms with Crippen LogP contribution in [0.15, 0.2) is 72.8 Å². The molecule has 0 heterocycles. The number of nitrogens with two attached hydrogens (primary N) is 1. The Labute approximate surface area is 259 Å². The van der Waals surface area contributed by atoms with E-state index in [1.165, 1.54) is 36.4 Å². The molecule has 0 saturated heterocycles. The number of hydrogen-bond donors (Lipinski definition) is 5. The van der Waals surface area contributed by atoms with Crippen molar-refractivity contribution < 1.29 is 19.8 Å². The Morgan fingerprint density at radius 1 is 0.690 bits per heavy atom. The van der Waals surface area contributed by atoms with Gasteiger partial charge >= 0.3 is 12.1 Å². The molecule has 4 amide bonds. The van der Waals surface area contributed by atoms with E-state index < -0.39 is 12.1 Å². The Bertz CT molecular complexity index is 1750. The lowest BCUT2D eigenvalue weighted by molar-refractivity contribution is 0.255. The number of benzene rings is 4. The highest BCUT2D eigenvalue weighted by Gasteiger charge is 2.23. The third-order valence-corrected chi connectivity index (χ3v) is 7.00. The molecule has 4 rings (SSSR count). The number of hydrogen-bond acceptors (Lipinski definition) is 6. The summed E-state index contributed by atoms with van der Waals surface area (Å²) < 4.78 is 0. The maximum atomic E-state index is 11.9. The van der Waals surface area contributed by atoms with E-state index in [1.54, 1.807) is 36.4 Å². The van der Waals surface area contributed by atoms with Gasteiger partial charge in [-0.1, -0.05) is 70.7 Å². The van der Waals surface area contributed by atoms with Gasteiger partial charge in [0, 0.05) is 0 Å². The third kappa shape index (κ3) is 7.26. The highest BCUT2D eigenvalue weighted by Crippen LogP contribution is 2.40. The van der Waals surface area contributed by atoms with Crippen molar-refractivity contribution in [3.63, 3.8) is 0 Å². The lowest BCUT2D eigenvalue weighted by Crippen LogP contribution is -2.31. The van der Waals surface area contributed by atoms with Gasteiger partial charge in [-0.05, 0) is 48.5 Å². The molecule has 0 atom stereocenters. The van der Waals surface area contributed by atoms with Crippen LogP contribution in [0.1, 0.15) is 11.1 Å². The number of phenolic OH excluding ortho intramolecular Hbond substituents is 2. The summed E-state index contributed by atoms with van der Waals surface area (Å²) in [6.07, 6.45) is 0. The van der Waals surface area contributed by atoms with Crippen LogP contribution in [0.5, 0.6) is 11.5 Å². The summed E-state index contributed by atoms with van der Waals surface area (Å²) >= 11 is 23.8. The molecule has 0 aliphatic carbocycles. The molecule has 212 valence electrons. The molecule has 0 bridgehead atoms. The number of nitrogens with zero attached hydrogens (tertiary/aromatic N) is 3. The SMILES string of the molecule is N#Cc1cccc(N(C(N)=O)c2cccc(Cl)c2Cl)c1O.N#Cc1cccc(NC(=O)Nc2cccc(Cl)c2Cl)c1O. The number of primary amides is 1. The number of amides is 4. The number of phenols is 2. The van der Waals surface area contributed by atoms with Crippen molar-refractivity contribution in [2.75, 3.05) is 15.5 Å². The van der Waals surface area contributed by atoms with Crippen LogP contribution >= 0.6 is 46.4 Å². The Balaban J connectivity index is 0.000000230. The van der Waals surface area contributed by atoms with Crippen LogP contribution in [0, 0.1) is 22.7 Å². The van der Waals surface area contributed by atoms with Crippen molar-refractivity contribution in [1.82, 2.24) is 0 Å². The summed E-state index contributed by atoms with van der Waals surface area (Å²) in [5.41, 5.74) is 6.15. The minimum atomic E-state index is -0.871. The molecule has 6 N–H and O–H groups in total. The molecule has 0 radical (unpaired) electrons. The van der Waals surface area contributed by atoms with E-state index in [0.29, 0.717) is 10.7 Å². The maximum absolute atomic E-state index is 11.9. The fourth-order valence-corrected chi connectivity index (χ4v) is 4.17. The summed E-state index contributed by atoms with van der Waals surface area (Å²) in [6.45, 7) is 0. The normalized spacial score (nSPS) is 9.86. The standard InChI is InChI=1S/2C14H9Cl2N3O2/c15-9-4-2-5-10(12(9)16)19(14(18)21)11-6-1-3-8(7-17)13(11)20;15-9-4-2-5-10(12(9)16)18-14(21)19-11-6-1-3-8(7-17)13(11)20/h1-6,20H,(H2,18,21);1-6,20H,(H2,18,19,21). The Kier molecular flexibility index (Phi) is 10.7. The van der Waals surface area contributed by atoms with Gasteiger partial charge < -0.3 is 26.6 Å². The number of urea groups is 2. The van der Waals surface area contributed by atoms with Crippen LogP contribution in [-0.4, -0.2) is 22.3 Å². The smallest absolute Gasteiger partial charge is 0.324 e. The summed E-state index contributed by atoms with van der Waals surface area (Å²) in [4.78, 5) is 24.6. The van der Waals surface area contributed by atoms with E-state index in [9.17, 15) is 19.8 Å². The van der Waals surface area contributed by atoms with Crippen molar-refractivity contribution in [3.8, 4) is 23.6 Å². The van der Waals surface area contributed by atoms with Crippen molar-refractivity contribution >= 4 is 81.2 Å². The summed E-state index contributed by atoms with van der Waals surface area (Å²) in [6, 6.07) is 20.4. The molecule has 4 aromatic rings. The third-order valence-electron chi connectivity index (χ3n) is 5.37. The fraction of sp³-hybridized carbons (Fsp3) is 0. The number of para-hydroxylation sites is 2. The number of aromatic hydroxyl groups is 2. The second-order valence-corrected chi connectivity index (χ2v) is 9.60. The molecule has 0 saturated carbocycles. The van der Waals surface area contributed by atoms with Gasteiger partial charge in [0.15, 0.2) is 11.5 Å². The quantitative estimate of drug-likeness (QED) is 0.141. The predicted molar refractivity (Wildman–Crippen MR) is 163 cm³/mol. The summed E-state index contributed by atoms with van der Waals surface area (Å²) in [7, 11) is 0. The van der Waals surface area contributed by atoms with Gasteiger partial charge in [-0.15, -0.1) is 0 Å². The Morgan fingerprint density at radius 3 is 1.79 bits per heavy atom. The van der Waals surface area contributed by atoms with E-state index in [0.717, 1.165) is 4.90 Å². The molecular weight excluding hydrogens is 626 g/mol. The highest BCUT2D eigenvalue weighted by atomic mass is 35.5. The maximum Gasteiger partial charge on any atom is 0.324 e. The van der Waals surface area contributed by atoms with Crippen LogP contribution in [0.4, 0.5) is 32.3 Å². The molecule has 0 aliphatic heterocycles. The first-order chi connectivity index (χ1) is 20.0. The van der Waals surface area contributed by atoms with Gasteiger partial charge in [-0.3, -0.25) is 4.90 Å². The molecule has 0 aromatic heterocycles. The van der Waals surface area contributed by atoms with E-state index in [4.69, 9.17) is 62.7 Å². The van der Waals surface area contributed by atoms with E-state index in [2.05, 4.69) is 10.6 Å². The number of nitriles is 2. The van der Waals surface area contributed by atoms with Gasteiger partial charge in [0.05, 0.1) is 54.0 Å². The number of anilines is 4.